The molecule has 0 amide bonds. The molecule has 36 valence electrons. The van der Waals surface area contributed by atoms with Crippen LogP contribution in [0.1, 0.15) is 13.3 Å². The predicted octanol–water partition coefficient (Wildman–Crippen LogP) is -0.147. The molecule has 0 aromatic heterocycles. The quantitative estimate of drug-likeness (QED) is 0.475. The summed E-state index contributed by atoms with van der Waals surface area (Å²) in [5.41, 5.74) is 0. The van der Waals surface area contributed by atoms with Gasteiger partial charge < -0.3 is 5.11 Å². The molecule has 0 fully saturated rings. The Morgan fingerprint density at radius 3 is 1.67 bits per heavy atom. The molecule has 0 atom stereocenters. The zero-order chi connectivity index (χ0) is 3.41. The molecule has 0 saturated heterocycles. The molecular weight excluding hydrogens is 107 g/mol. The first-order valence-electron chi connectivity index (χ1n) is 1.52. The number of rotatable bonds is 1. The molecule has 0 unspecified atom stereocenters. The third-order valence-electron chi connectivity index (χ3n) is 0.224. The second-order valence-electron chi connectivity index (χ2n) is 0.724. The zero-order valence-corrected chi connectivity index (χ0v) is 4.36. The summed E-state index contributed by atoms with van der Waals surface area (Å²) in [6, 6.07) is 0. The third kappa shape index (κ3) is 18.5. The fraction of sp³-hybridized carbons (Fsp3) is 1.00. The van der Waals surface area contributed by atoms with Crippen molar-refractivity contribution in [1.29, 1.82) is 0 Å². The maximum absolute atomic E-state index is 7.88. The molecule has 0 heterocycles. The second kappa shape index (κ2) is 16.2. The van der Waals surface area contributed by atoms with Gasteiger partial charge in [-0.15, -0.1) is 0 Å². The minimum atomic E-state index is 0. The van der Waals surface area contributed by atoms with E-state index >= 15 is 0 Å². The average Bonchev–Trinajstić information content (AvgIpc) is 1.37. The van der Waals surface area contributed by atoms with Crippen molar-refractivity contribution in [3.63, 3.8) is 0 Å². The summed E-state index contributed by atoms with van der Waals surface area (Å²) in [5, 5.41) is 7.88. The van der Waals surface area contributed by atoms with Gasteiger partial charge in [0.25, 0.3) is 0 Å². The number of aliphatic hydroxyl groups excluding tert-OH is 1. The van der Waals surface area contributed by atoms with Gasteiger partial charge in [-0.05, 0) is 6.42 Å². The molecule has 0 bridgehead atoms. The molecule has 0 aliphatic carbocycles. The number of hydrogen-bond acceptors (Lipinski definition) is 1. The van der Waals surface area contributed by atoms with Gasteiger partial charge >= 0.3 is 29.6 Å². The van der Waals surface area contributed by atoms with E-state index in [-0.39, 0.29) is 43.1 Å². The van der Waals surface area contributed by atoms with Crippen LogP contribution in [0, 0.1) is 0 Å². The van der Waals surface area contributed by atoms with Gasteiger partial charge in [-0.2, -0.15) is 13.5 Å². The van der Waals surface area contributed by atoms with E-state index in [1.165, 1.54) is 0 Å². The summed E-state index contributed by atoms with van der Waals surface area (Å²) in [5.74, 6) is 0. The molecule has 6 heavy (non-hydrogen) atoms. The van der Waals surface area contributed by atoms with E-state index in [0.29, 0.717) is 6.61 Å². The van der Waals surface area contributed by atoms with Crippen LogP contribution < -0.4 is 0 Å². The first kappa shape index (κ1) is 15.7. The van der Waals surface area contributed by atoms with Crippen molar-refractivity contribution < 1.29 is 5.11 Å². The molecule has 1 nitrogen and oxygen atoms in total. The Hall–Kier alpha value is 1.31. The topological polar surface area (TPSA) is 20.2 Å². The molecule has 0 radical (unpaired) electrons. The van der Waals surface area contributed by atoms with Crippen molar-refractivity contribution >= 4 is 43.1 Å². The molecule has 0 saturated carbocycles. The van der Waals surface area contributed by atoms with E-state index < -0.39 is 0 Å². The summed E-state index contributed by atoms with van der Waals surface area (Å²) in [4.78, 5) is 0. The normalized spacial score (nSPS) is 5.00. The molecule has 0 rings (SSSR count). The molecular formula is C3H11NaOS. The van der Waals surface area contributed by atoms with Gasteiger partial charge in [-0.1, -0.05) is 6.92 Å². The van der Waals surface area contributed by atoms with Gasteiger partial charge in [0.05, 0.1) is 0 Å². The van der Waals surface area contributed by atoms with Crippen LogP contribution in [-0.2, 0) is 0 Å². The van der Waals surface area contributed by atoms with E-state index in [4.69, 9.17) is 5.11 Å². The molecule has 3 heteroatoms. The van der Waals surface area contributed by atoms with Crippen molar-refractivity contribution in [3.05, 3.63) is 0 Å². The van der Waals surface area contributed by atoms with Crippen LogP contribution in [0.25, 0.3) is 0 Å². The van der Waals surface area contributed by atoms with E-state index in [2.05, 4.69) is 0 Å². The van der Waals surface area contributed by atoms with E-state index in [1.807, 2.05) is 6.92 Å². The van der Waals surface area contributed by atoms with E-state index in [9.17, 15) is 0 Å². The second-order valence-corrected chi connectivity index (χ2v) is 0.724. The molecule has 0 aromatic rings. The summed E-state index contributed by atoms with van der Waals surface area (Å²) in [7, 11) is 0. The van der Waals surface area contributed by atoms with Crippen LogP contribution in [0.2, 0.25) is 0 Å². The average molecular weight is 118 g/mol. The van der Waals surface area contributed by atoms with Gasteiger partial charge in [-0.25, -0.2) is 0 Å². The Labute approximate surface area is 67.9 Å². The number of hydrogen-bond donors (Lipinski definition) is 1. The Morgan fingerprint density at radius 1 is 1.50 bits per heavy atom. The van der Waals surface area contributed by atoms with Gasteiger partial charge in [-0.3, -0.25) is 0 Å². The van der Waals surface area contributed by atoms with Crippen molar-refractivity contribution in [3.8, 4) is 0 Å². The first-order chi connectivity index (χ1) is 1.91. The standard InChI is InChI=1S/C3H8O.Na.H2S.H/c1-2-3-4;;;/h4H,2-3H2,1H3;;1H2;. The van der Waals surface area contributed by atoms with Crippen molar-refractivity contribution in [1.82, 2.24) is 0 Å². The van der Waals surface area contributed by atoms with Crippen molar-refractivity contribution in [2.24, 2.45) is 0 Å². The van der Waals surface area contributed by atoms with Crippen LogP contribution in [0.15, 0.2) is 0 Å². The Balaban J connectivity index is -0.0000000450. The van der Waals surface area contributed by atoms with Crippen LogP contribution in [-0.4, -0.2) is 41.3 Å². The number of aliphatic hydroxyl groups is 1. The fourth-order valence-corrected chi connectivity index (χ4v) is 0. The van der Waals surface area contributed by atoms with Crippen LogP contribution in [0.4, 0.5) is 0 Å². The maximum atomic E-state index is 7.88. The van der Waals surface area contributed by atoms with Gasteiger partial charge in [0, 0.05) is 6.61 Å². The van der Waals surface area contributed by atoms with Gasteiger partial charge in [0.15, 0.2) is 0 Å². The van der Waals surface area contributed by atoms with Gasteiger partial charge in [0.2, 0.25) is 0 Å². The van der Waals surface area contributed by atoms with E-state index in [0.717, 1.165) is 6.42 Å². The van der Waals surface area contributed by atoms with E-state index in [1.54, 1.807) is 0 Å². The Bertz CT molecular complexity index is 12.8. The van der Waals surface area contributed by atoms with Crippen LogP contribution in [0.5, 0.6) is 0 Å². The summed E-state index contributed by atoms with van der Waals surface area (Å²) >= 11 is 0. The molecule has 0 spiro atoms. The summed E-state index contributed by atoms with van der Waals surface area (Å²) < 4.78 is 0. The fourth-order valence-electron chi connectivity index (χ4n) is 0. The predicted molar refractivity (Wildman–Crippen MR) is 34.9 cm³/mol. The summed E-state index contributed by atoms with van der Waals surface area (Å²) in [6.07, 6.45) is 0.875. The van der Waals surface area contributed by atoms with Gasteiger partial charge in [0.1, 0.15) is 0 Å². The molecule has 0 aliphatic heterocycles. The van der Waals surface area contributed by atoms with Crippen LogP contribution in [0.3, 0.4) is 0 Å². The van der Waals surface area contributed by atoms with Crippen molar-refractivity contribution in [2.45, 2.75) is 13.3 Å². The molecule has 1 N–H and O–H groups in total. The SMILES string of the molecule is CCCO.S.[NaH]. The monoisotopic (exact) mass is 118 g/mol. The summed E-state index contributed by atoms with van der Waals surface area (Å²) in [6.45, 7) is 2.25. The zero-order valence-electron chi connectivity index (χ0n) is 3.36. The minimum absolute atomic E-state index is 0. The molecule has 0 aliphatic rings. The molecule has 0 aromatic carbocycles. The Kier molecular flexibility index (Phi) is 42.4. The first-order valence-corrected chi connectivity index (χ1v) is 1.52. The third-order valence-corrected chi connectivity index (χ3v) is 0.224. The van der Waals surface area contributed by atoms with Crippen LogP contribution >= 0.6 is 13.5 Å². The van der Waals surface area contributed by atoms with Crippen molar-refractivity contribution in [2.75, 3.05) is 6.61 Å². The Morgan fingerprint density at radius 2 is 1.67 bits per heavy atom.